The summed E-state index contributed by atoms with van der Waals surface area (Å²) < 4.78 is 6.18. The summed E-state index contributed by atoms with van der Waals surface area (Å²) in [6.45, 7) is 11.0. The van der Waals surface area contributed by atoms with E-state index in [-0.39, 0.29) is 29.7 Å². The summed E-state index contributed by atoms with van der Waals surface area (Å²) in [5.74, 6) is -0.337. The zero-order valence-electron chi connectivity index (χ0n) is 21.2. The van der Waals surface area contributed by atoms with Gasteiger partial charge in [-0.05, 0) is 48.2 Å². The van der Waals surface area contributed by atoms with Crippen molar-refractivity contribution in [2.75, 3.05) is 20.3 Å². The van der Waals surface area contributed by atoms with Crippen LogP contribution in [0, 0.1) is 5.21 Å². The molecule has 0 amide bonds. The molecule has 3 unspecified atom stereocenters. The van der Waals surface area contributed by atoms with Crippen LogP contribution in [0.5, 0.6) is 0 Å². The number of carbonyl (C=O) groups excluding carboxylic acids is 1. The number of ether oxygens (including phenoxy) is 1. The lowest BCUT2D eigenvalue weighted by Gasteiger charge is -2.38. The molecular formula is C24H38N4O3S3. The molecule has 1 fully saturated rings. The highest BCUT2D eigenvalue weighted by atomic mass is 32.2. The number of hydrogen-bond acceptors (Lipinski definition) is 9. The first-order valence-electron chi connectivity index (χ1n) is 12.1. The summed E-state index contributed by atoms with van der Waals surface area (Å²) in [5, 5.41) is 25.6. The lowest BCUT2D eigenvalue weighted by Crippen LogP contribution is -2.51. The Morgan fingerprint density at radius 3 is 2.79 bits per heavy atom. The summed E-state index contributed by atoms with van der Waals surface area (Å²) in [4.78, 5) is 14.6. The molecule has 0 radical (unpaired) electrons. The Hall–Kier alpha value is -1.04. The van der Waals surface area contributed by atoms with Crippen LogP contribution < -0.4 is 4.65 Å². The second-order valence-corrected chi connectivity index (χ2v) is 13.9. The van der Waals surface area contributed by atoms with Gasteiger partial charge in [0.2, 0.25) is 0 Å². The van der Waals surface area contributed by atoms with E-state index in [1.54, 1.807) is 23.1 Å². The Kier molecular flexibility index (Phi) is 9.56. The van der Waals surface area contributed by atoms with Crippen LogP contribution in [0.2, 0.25) is 0 Å². The lowest BCUT2D eigenvalue weighted by atomic mass is 9.98. The zero-order valence-corrected chi connectivity index (χ0v) is 23.7. The third-order valence-electron chi connectivity index (χ3n) is 5.75. The van der Waals surface area contributed by atoms with Crippen LogP contribution in [0.15, 0.2) is 15.7 Å². The molecule has 1 aliphatic rings. The molecule has 2 aromatic heterocycles. The smallest absolute Gasteiger partial charge is 0.311 e. The maximum atomic E-state index is 13.8. The molecule has 1 saturated heterocycles. The molecule has 0 spiro atoms. The van der Waals surface area contributed by atoms with Crippen molar-refractivity contribution >= 4 is 45.5 Å². The molecule has 3 rings (SSSR count). The predicted molar refractivity (Wildman–Crippen MR) is 143 cm³/mol. The number of carbonyl (C=O) groups is 1. The average molecular weight is 527 g/mol. The largest absolute Gasteiger partial charge is 0.622 e. The van der Waals surface area contributed by atoms with E-state index >= 15 is 0 Å². The molecule has 0 saturated carbocycles. The van der Waals surface area contributed by atoms with Gasteiger partial charge in [-0.25, -0.2) is 4.90 Å². The fourth-order valence-corrected chi connectivity index (χ4v) is 7.20. The van der Waals surface area contributed by atoms with Crippen molar-refractivity contribution in [1.82, 2.24) is 19.7 Å². The number of likely N-dealkylation sites (N-methyl/N-ethyl adjacent to an activating group) is 1. The molecule has 0 bridgehead atoms. The number of quaternary nitrogens is 1. The van der Waals surface area contributed by atoms with Gasteiger partial charge < -0.3 is 9.94 Å². The number of esters is 1. The van der Waals surface area contributed by atoms with E-state index in [0.29, 0.717) is 11.7 Å². The van der Waals surface area contributed by atoms with Crippen LogP contribution in [-0.4, -0.2) is 52.8 Å². The predicted octanol–water partition coefficient (Wildman–Crippen LogP) is 6.17. The average Bonchev–Trinajstić information content (AvgIpc) is 3.45. The van der Waals surface area contributed by atoms with Gasteiger partial charge in [-0.2, -0.15) is 0 Å². The molecule has 34 heavy (non-hydrogen) atoms. The quantitative estimate of drug-likeness (QED) is 0.114. The summed E-state index contributed by atoms with van der Waals surface area (Å²) in [7, 11) is 1.86. The van der Waals surface area contributed by atoms with Crippen LogP contribution in [0.25, 0.3) is 0 Å². The van der Waals surface area contributed by atoms with Gasteiger partial charge in [-0.3, -0.25) is 9.44 Å². The maximum absolute atomic E-state index is 13.8. The van der Waals surface area contributed by atoms with Crippen molar-refractivity contribution < 1.29 is 9.53 Å². The molecule has 2 aromatic rings. The van der Waals surface area contributed by atoms with E-state index in [4.69, 9.17) is 4.74 Å². The Morgan fingerprint density at radius 2 is 2.12 bits per heavy atom. The number of thioether (sulfide) groups is 1. The van der Waals surface area contributed by atoms with Crippen molar-refractivity contribution in [3.63, 3.8) is 0 Å². The van der Waals surface area contributed by atoms with Crippen molar-refractivity contribution in [3.05, 3.63) is 27.2 Å². The minimum absolute atomic E-state index is 0.0702. The van der Waals surface area contributed by atoms with E-state index in [1.807, 2.05) is 39.6 Å². The first-order chi connectivity index (χ1) is 16.0. The van der Waals surface area contributed by atoms with E-state index in [2.05, 4.69) is 28.6 Å². The first-order valence-corrected chi connectivity index (χ1v) is 14.6. The van der Waals surface area contributed by atoms with Crippen LogP contribution in [-0.2, 0) is 21.4 Å². The number of hydroxylamine groups is 2. The van der Waals surface area contributed by atoms with E-state index in [1.165, 1.54) is 46.8 Å². The van der Waals surface area contributed by atoms with Gasteiger partial charge in [0.15, 0.2) is 0 Å². The van der Waals surface area contributed by atoms with Gasteiger partial charge in [0.1, 0.15) is 11.7 Å². The highest BCUT2D eigenvalue weighted by Gasteiger charge is 2.45. The van der Waals surface area contributed by atoms with Crippen molar-refractivity contribution in [2.45, 2.75) is 94.2 Å². The molecule has 190 valence electrons. The second-order valence-electron chi connectivity index (χ2n) is 10.3. The van der Waals surface area contributed by atoms with Crippen molar-refractivity contribution in [1.29, 1.82) is 0 Å². The molecule has 3 heterocycles. The highest BCUT2D eigenvalue weighted by Crippen LogP contribution is 2.38. The molecular weight excluding hydrogens is 488 g/mol. The van der Waals surface area contributed by atoms with Crippen LogP contribution in [0.1, 0.15) is 77.3 Å². The van der Waals surface area contributed by atoms with E-state index in [9.17, 15) is 10.0 Å². The number of rotatable bonds is 11. The highest BCUT2D eigenvalue weighted by molar-refractivity contribution is 8.01. The van der Waals surface area contributed by atoms with Crippen LogP contribution >= 0.6 is 34.4 Å². The molecule has 7 nitrogen and oxygen atoms in total. The standard InChI is InChI=1S/C24H38N4O3S3/c1-7-8-9-10-11-18-13-21(32-15-18)33-17(2)12-20(29)31-19-14-27(6)16-28(19,30)23-26-25-22(34-23)24(3,4)5/h13,15,17,19H,7-12,14,16H2,1-6H3. The van der Waals surface area contributed by atoms with Gasteiger partial charge >= 0.3 is 11.1 Å². The zero-order chi connectivity index (χ0) is 24.9. The van der Waals surface area contributed by atoms with Gasteiger partial charge in [0.25, 0.3) is 6.23 Å². The second kappa shape index (κ2) is 11.8. The fraction of sp³-hybridized carbons (Fsp3) is 0.708. The molecule has 0 aliphatic carbocycles. The monoisotopic (exact) mass is 526 g/mol. The van der Waals surface area contributed by atoms with Crippen LogP contribution in [0.4, 0.5) is 5.13 Å². The molecule has 10 heteroatoms. The van der Waals surface area contributed by atoms with E-state index in [0.717, 1.165) is 11.4 Å². The van der Waals surface area contributed by atoms with Gasteiger partial charge in [0.05, 0.1) is 17.2 Å². The number of aromatic nitrogens is 2. The Balaban J connectivity index is 1.55. The summed E-state index contributed by atoms with van der Waals surface area (Å²) in [5.41, 5.74) is 1.20. The minimum atomic E-state index is -0.827. The third-order valence-corrected chi connectivity index (χ3v) is 9.48. The number of unbranched alkanes of at least 4 members (excludes halogenated alkanes) is 3. The lowest BCUT2D eigenvalue weighted by molar-refractivity contribution is -0.153. The number of nitrogens with zero attached hydrogens (tertiary/aromatic N) is 4. The Bertz CT molecular complexity index is 942. The molecule has 0 aromatic carbocycles. The first kappa shape index (κ1) is 27.5. The third kappa shape index (κ3) is 7.24. The minimum Gasteiger partial charge on any atom is -0.622 e. The molecule has 1 aliphatic heterocycles. The Labute approximate surface area is 216 Å². The maximum Gasteiger partial charge on any atom is 0.311 e. The van der Waals surface area contributed by atoms with Crippen LogP contribution in [0.3, 0.4) is 0 Å². The van der Waals surface area contributed by atoms with Gasteiger partial charge in [-0.1, -0.05) is 59.0 Å². The van der Waals surface area contributed by atoms with Gasteiger partial charge in [-0.15, -0.1) is 28.2 Å². The summed E-state index contributed by atoms with van der Waals surface area (Å²) in [6.07, 6.45) is 5.61. The van der Waals surface area contributed by atoms with Crippen molar-refractivity contribution in [2.24, 2.45) is 0 Å². The SMILES string of the molecule is CCCCCCc1csc(SC(C)CC(=O)OC2CN(C)C[N+]2([O-])c2nnc(C(C)(C)C)s2)c1. The fourth-order valence-electron chi connectivity index (χ4n) is 3.86. The number of thiophene rings is 1. The summed E-state index contributed by atoms with van der Waals surface area (Å²) >= 11 is 4.75. The normalized spacial score (nSPS) is 22.3. The van der Waals surface area contributed by atoms with E-state index < -0.39 is 10.9 Å². The topological polar surface area (TPSA) is 78.4 Å². The Morgan fingerprint density at radius 1 is 1.35 bits per heavy atom. The molecule has 0 N–H and O–H groups in total. The number of aryl methyl sites for hydroxylation is 1. The summed E-state index contributed by atoms with van der Waals surface area (Å²) in [6, 6.07) is 2.25. The number of hydrogen-bond donors (Lipinski definition) is 0. The molecule has 3 atom stereocenters. The van der Waals surface area contributed by atoms with Gasteiger partial charge in [0, 0.05) is 10.7 Å². The van der Waals surface area contributed by atoms with Crippen molar-refractivity contribution in [3.8, 4) is 0 Å².